The van der Waals surface area contributed by atoms with Gasteiger partial charge in [0.1, 0.15) is 17.6 Å². The van der Waals surface area contributed by atoms with Gasteiger partial charge in [-0.3, -0.25) is 14.6 Å². The molecule has 2 heterocycles. The van der Waals surface area contributed by atoms with Crippen LogP contribution in [0.3, 0.4) is 0 Å². The van der Waals surface area contributed by atoms with Gasteiger partial charge in [0, 0.05) is 6.07 Å². The first kappa shape index (κ1) is 20.9. The summed E-state index contributed by atoms with van der Waals surface area (Å²) in [5.74, 6) is -0.351. The van der Waals surface area contributed by atoms with E-state index in [1.165, 1.54) is 25.7 Å². The van der Waals surface area contributed by atoms with Crippen LogP contribution in [-0.4, -0.2) is 39.9 Å². The van der Waals surface area contributed by atoms with E-state index in [2.05, 4.69) is 25.6 Å². The van der Waals surface area contributed by atoms with Gasteiger partial charge < -0.3 is 26.8 Å². The molecule has 6 N–H and O–H groups in total. The topological polar surface area (TPSA) is 158 Å². The standard InChI is InChI=1S/C18H25N7O3/c1-18(2,3)6-12(15(19)26)24-13-9-22-14(16(20)27)17(25-13)23-10-5-11(28-4)8-21-7-10/h5,7-9,12H,6H2,1-4H3,(H2,19,26)(H2,20,27)(H2,23,24,25). The zero-order chi connectivity index (χ0) is 20.9. The van der Waals surface area contributed by atoms with Crippen molar-refractivity contribution in [2.45, 2.75) is 33.2 Å². The molecule has 0 bridgehead atoms. The molecule has 0 saturated carbocycles. The molecule has 1 atom stereocenters. The van der Waals surface area contributed by atoms with Gasteiger partial charge in [-0.25, -0.2) is 9.97 Å². The zero-order valence-corrected chi connectivity index (χ0v) is 16.3. The van der Waals surface area contributed by atoms with E-state index >= 15 is 0 Å². The summed E-state index contributed by atoms with van der Waals surface area (Å²) in [6, 6.07) is 1.02. The number of ether oxygens (including phenoxy) is 1. The summed E-state index contributed by atoms with van der Waals surface area (Å²) in [5, 5.41) is 5.92. The van der Waals surface area contributed by atoms with E-state index in [0.717, 1.165) is 0 Å². The fourth-order valence-electron chi connectivity index (χ4n) is 2.48. The summed E-state index contributed by atoms with van der Waals surface area (Å²) in [5.41, 5.74) is 11.2. The first-order chi connectivity index (χ1) is 13.1. The lowest BCUT2D eigenvalue weighted by atomic mass is 9.88. The summed E-state index contributed by atoms with van der Waals surface area (Å²) >= 11 is 0. The van der Waals surface area contributed by atoms with Gasteiger partial charge in [0.25, 0.3) is 5.91 Å². The fraction of sp³-hybridized carbons (Fsp3) is 0.389. The highest BCUT2D eigenvalue weighted by Gasteiger charge is 2.24. The number of hydrogen-bond donors (Lipinski definition) is 4. The monoisotopic (exact) mass is 387 g/mol. The Morgan fingerprint density at radius 2 is 1.93 bits per heavy atom. The predicted molar refractivity (Wildman–Crippen MR) is 105 cm³/mol. The third-order valence-corrected chi connectivity index (χ3v) is 3.70. The van der Waals surface area contributed by atoms with Crippen LogP contribution in [0.1, 0.15) is 37.7 Å². The van der Waals surface area contributed by atoms with Gasteiger partial charge in [-0.05, 0) is 11.8 Å². The normalized spacial score (nSPS) is 12.1. The SMILES string of the molecule is COc1cncc(Nc2nc(NC(CC(C)(C)C)C(N)=O)cnc2C(N)=O)c1. The lowest BCUT2D eigenvalue weighted by molar-refractivity contribution is -0.119. The van der Waals surface area contributed by atoms with E-state index in [1.807, 2.05) is 20.8 Å². The zero-order valence-electron chi connectivity index (χ0n) is 16.3. The van der Waals surface area contributed by atoms with E-state index in [1.54, 1.807) is 6.07 Å². The number of carbonyl (C=O) groups excluding carboxylic acids is 2. The minimum absolute atomic E-state index is 0.0557. The van der Waals surface area contributed by atoms with E-state index < -0.39 is 17.9 Å². The van der Waals surface area contributed by atoms with Crippen molar-refractivity contribution in [3.05, 3.63) is 30.4 Å². The van der Waals surface area contributed by atoms with Crippen molar-refractivity contribution in [3.8, 4) is 5.75 Å². The van der Waals surface area contributed by atoms with E-state index in [4.69, 9.17) is 16.2 Å². The molecule has 0 fully saturated rings. The van der Waals surface area contributed by atoms with Crippen molar-refractivity contribution < 1.29 is 14.3 Å². The average molecular weight is 387 g/mol. The van der Waals surface area contributed by atoms with Gasteiger partial charge >= 0.3 is 0 Å². The maximum absolute atomic E-state index is 11.8. The first-order valence-corrected chi connectivity index (χ1v) is 8.58. The maximum Gasteiger partial charge on any atom is 0.271 e. The number of primary amides is 2. The van der Waals surface area contributed by atoms with Crippen molar-refractivity contribution in [2.75, 3.05) is 17.7 Å². The highest BCUT2D eigenvalue weighted by Crippen LogP contribution is 2.24. The Kier molecular flexibility index (Phi) is 6.34. The summed E-state index contributed by atoms with van der Waals surface area (Å²) in [6.45, 7) is 5.99. The Morgan fingerprint density at radius 3 is 2.50 bits per heavy atom. The summed E-state index contributed by atoms with van der Waals surface area (Å²) in [7, 11) is 1.51. The molecule has 28 heavy (non-hydrogen) atoms. The molecule has 150 valence electrons. The maximum atomic E-state index is 11.8. The molecule has 2 rings (SSSR count). The average Bonchev–Trinajstić information content (AvgIpc) is 2.60. The number of rotatable bonds is 8. The minimum Gasteiger partial charge on any atom is -0.495 e. The molecule has 0 spiro atoms. The third-order valence-electron chi connectivity index (χ3n) is 3.70. The molecule has 0 radical (unpaired) electrons. The van der Waals surface area contributed by atoms with Crippen molar-refractivity contribution in [3.63, 3.8) is 0 Å². The smallest absolute Gasteiger partial charge is 0.271 e. The van der Waals surface area contributed by atoms with Gasteiger partial charge in [0.05, 0.1) is 31.4 Å². The number of nitrogens with zero attached hydrogens (tertiary/aromatic N) is 3. The Morgan fingerprint density at radius 1 is 1.21 bits per heavy atom. The molecule has 0 aliphatic carbocycles. The molecular weight excluding hydrogens is 362 g/mol. The molecule has 10 nitrogen and oxygen atoms in total. The number of anilines is 3. The number of amides is 2. The Hall–Kier alpha value is -3.43. The van der Waals surface area contributed by atoms with Crippen molar-refractivity contribution in [1.29, 1.82) is 0 Å². The molecule has 2 amide bonds. The molecule has 0 aromatic carbocycles. The number of hydrogen-bond acceptors (Lipinski definition) is 8. The van der Waals surface area contributed by atoms with Crippen molar-refractivity contribution in [1.82, 2.24) is 15.0 Å². The second-order valence-corrected chi connectivity index (χ2v) is 7.42. The van der Waals surface area contributed by atoms with Crippen LogP contribution < -0.4 is 26.8 Å². The quantitative estimate of drug-likeness (QED) is 0.529. The van der Waals surface area contributed by atoms with Gasteiger partial charge in [-0.2, -0.15) is 0 Å². The summed E-state index contributed by atoms with van der Waals surface area (Å²) < 4.78 is 5.13. The predicted octanol–water partition coefficient (Wildman–Crippen LogP) is 1.42. The molecule has 2 aromatic rings. The van der Waals surface area contributed by atoms with E-state index in [9.17, 15) is 9.59 Å². The van der Waals surface area contributed by atoms with Gasteiger partial charge in [0.2, 0.25) is 5.91 Å². The Labute approximate surface area is 163 Å². The van der Waals surface area contributed by atoms with Crippen LogP contribution in [0, 0.1) is 5.41 Å². The molecular formula is C18H25N7O3. The number of aromatic nitrogens is 3. The van der Waals surface area contributed by atoms with Crippen LogP contribution in [0.15, 0.2) is 24.7 Å². The van der Waals surface area contributed by atoms with Gasteiger partial charge in [-0.1, -0.05) is 20.8 Å². The van der Waals surface area contributed by atoms with E-state index in [0.29, 0.717) is 17.9 Å². The molecule has 0 saturated heterocycles. The van der Waals surface area contributed by atoms with Crippen LogP contribution in [0.5, 0.6) is 5.75 Å². The van der Waals surface area contributed by atoms with Crippen LogP contribution in [0.2, 0.25) is 0 Å². The second kappa shape index (κ2) is 8.51. The number of nitrogens with one attached hydrogen (secondary N) is 2. The second-order valence-electron chi connectivity index (χ2n) is 7.42. The fourth-order valence-corrected chi connectivity index (χ4v) is 2.48. The highest BCUT2D eigenvalue weighted by molar-refractivity contribution is 5.96. The lowest BCUT2D eigenvalue weighted by Crippen LogP contribution is -2.38. The van der Waals surface area contributed by atoms with Crippen molar-refractivity contribution in [2.24, 2.45) is 16.9 Å². The molecule has 1 unspecified atom stereocenters. The van der Waals surface area contributed by atoms with Gasteiger partial charge in [0.15, 0.2) is 11.5 Å². The Balaban J connectivity index is 2.33. The molecule has 10 heteroatoms. The highest BCUT2D eigenvalue weighted by atomic mass is 16.5. The lowest BCUT2D eigenvalue weighted by Gasteiger charge is -2.25. The van der Waals surface area contributed by atoms with Crippen LogP contribution >= 0.6 is 0 Å². The van der Waals surface area contributed by atoms with E-state index in [-0.39, 0.29) is 22.7 Å². The molecule has 0 aliphatic rings. The number of pyridine rings is 1. The minimum atomic E-state index is -0.751. The summed E-state index contributed by atoms with van der Waals surface area (Å²) in [6.07, 6.45) is 4.88. The van der Waals surface area contributed by atoms with Crippen LogP contribution in [0.4, 0.5) is 17.3 Å². The van der Waals surface area contributed by atoms with Crippen molar-refractivity contribution >= 4 is 29.1 Å². The van der Waals surface area contributed by atoms with Crippen LogP contribution in [0.25, 0.3) is 0 Å². The summed E-state index contributed by atoms with van der Waals surface area (Å²) in [4.78, 5) is 35.9. The number of nitrogens with two attached hydrogens (primary N) is 2. The van der Waals surface area contributed by atoms with Gasteiger partial charge in [-0.15, -0.1) is 0 Å². The first-order valence-electron chi connectivity index (χ1n) is 8.58. The third kappa shape index (κ3) is 5.79. The largest absolute Gasteiger partial charge is 0.495 e. The number of methoxy groups -OCH3 is 1. The number of carbonyl (C=O) groups is 2. The Bertz CT molecular complexity index is 864. The van der Waals surface area contributed by atoms with Crippen LogP contribution in [-0.2, 0) is 4.79 Å². The molecule has 0 aliphatic heterocycles. The molecule has 2 aromatic heterocycles.